The van der Waals surface area contributed by atoms with E-state index in [1.54, 1.807) is 11.3 Å². The zero-order valence-electron chi connectivity index (χ0n) is 9.53. The molecular weight excluding hydrogens is 220 g/mol. The summed E-state index contributed by atoms with van der Waals surface area (Å²) in [5.74, 6) is 0.612. The minimum Gasteiger partial charge on any atom is -0.366 e. The average Bonchev–Trinajstić information content (AvgIpc) is 2.91. The second-order valence-electron chi connectivity index (χ2n) is 4.63. The van der Waals surface area contributed by atoms with Gasteiger partial charge in [0.15, 0.2) is 0 Å². The summed E-state index contributed by atoms with van der Waals surface area (Å²) in [6.07, 6.45) is 4.07. The number of carbonyl (C=O) groups excluding carboxylic acids is 1. The molecule has 0 saturated heterocycles. The normalized spacial score (nSPS) is 17.3. The Labute approximate surface area is 100 Å². The van der Waals surface area contributed by atoms with Gasteiger partial charge in [-0.15, -0.1) is 11.3 Å². The first-order chi connectivity index (χ1) is 7.65. The summed E-state index contributed by atoms with van der Waals surface area (Å²) in [6.45, 7) is 3.06. The highest BCUT2D eigenvalue weighted by Gasteiger charge is 2.23. The van der Waals surface area contributed by atoms with Crippen molar-refractivity contribution in [3.63, 3.8) is 0 Å². The van der Waals surface area contributed by atoms with Crippen LogP contribution in [0.4, 0.5) is 0 Å². The smallest absolute Gasteiger partial charge is 0.249 e. The Morgan fingerprint density at radius 2 is 2.44 bits per heavy atom. The van der Waals surface area contributed by atoms with E-state index in [2.05, 4.69) is 12.2 Å². The van der Waals surface area contributed by atoms with E-state index in [1.807, 2.05) is 11.4 Å². The third kappa shape index (κ3) is 3.32. The average molecular weight is 238 g/mol. The lowest BCUT2D eigenvalue weighted by Crippen LogP contribution is -2.25. The first-order valence-corrected chi connectivity index (χ1v) is 6.63. The van der Waals surface area contributed by atoms with Gasteiger partial charge in [-0.3, -0.25) is 4.79 Å². The topological polar surface area (TPSA) is 55.1 Å². The lowest BCUT2D eigenvalue weighted by molar-refractivity contribution is 0.100. The number of hydrogen-bond acceptors (Lipinski definition) is 3. The fourth-order valence-corrected chi connectivity index (χ4v) is 2.64. The van der Waals surface area contributed by atoms with Crippen LogP contribution in [0.1, 0.15) is 41.4 Å². The van der Waals surface area contributed by atoms with Crippen LogP contribution in [0.25, 0.3) is 0 Å². The molecule has 1 aromatic heterocycles. The molecule has 0 bridgehead atoms. The molecule has 0 aliphatic heterocycles. The third-order valence-corrected chi connectivity index (χ3v) is 3.88. The summed E-state index contributed by atoms with van der Waals surface area (Å²) in [5, 5.41) is 5.31. The summed E-state index contributed by atoms with van der Waals surface area (Å²) >= 11 is 1.59. The van der Waals surface area contributed by atoms with E-state index < -0.39 is 0 Å². The number of amides is 1. The van der Waals surface area contributed by atoms with Crippen molar-refractivity contribution in [2.45, 2.75) is 38.8 Å². The predicted molar refractivity (Wildman–Crippen MR) is 66.5 cm³/mol. The number of thiophene rings is 1. The van der Waals surface area contributed by atoms with Crippen LogP contribution in [-0.4, -0.2) is 11.9 Å². The van der Waals surface area contributed by atoms with Gasteiger partial charge in [-0.25, -0.2) is 0 Å². The number of primary amides is 1. The van der Waals surface area contributed by atoms with Crippen LogP contribution in [0, 0.1) is 5.92 Å². The van der Waals surface area contributed by atoms with Gasteiger partial charge < -0.3 is 11.1 Å². The Balaban J connectivity index is 1.76. The summed E-state index contributed by atoms with van der Waals surface area (Å²) in [7, 11) is 0. The van der Waals surface area contributed by atoms with Gasteiger partial charge in [-0.2, -0.15) is 0 Å². The van der Waals surface area contributed by atoms with Crippen molar-refractivity contribution in [1.29, 1.82) is 0 Å². The Hall–Kier alpha value is -0.870. The zero-order valence-corrected chi connectivity index (χ0v) is 10.3. The van der Waals surface area contributed by atoms with Crippen LogP contribution in [0.5, 0.6) is 0 Å². The van der Waals surface area contributed by atoms with Crippen molar-refractivity contribution in [3.05, 3.63) is 21.9 Å². The molecule has 0 radical (unpaired) electrons. The van der Waals surface area contributed by atoms with Crippen molar-refractivity contribution >= 4 is 17.2 Å². The van der Waals surface area contributed by atoms with Crippen molar-refractivity contribution in [2.75, 3.05) is 0 Å². The van der Waals surface area contributed by atoms with Gasteiger partial charge in [0.25, 0.3) is 0 Å². The van der Waals surface area contributed by atoms with E-state index >= 15 is 0 Å². The van der Waals surface area contributed by atoms with Crippen molar-refractivity contribution in [2.24, 2.45) is 11.7 Å². The molecule has 1 aromatic rings. The first-order valence-electron chi connectivity index (χ1n) is 5.75. The van der Waals surface area contributed by atoms with E-state index in [0.717, 1.165) is 12.5 Å². The Kier molecular flexibility index (Phi) is 3.61. The summed E-state index contributed by atoms with van der Waals surface area (Å²) in [5.41, 5.74) is 5.83. The van der Waals surface area contributed by atoms with Gasteiger partial charge in [0, 0.05) is 22.8 Å². The Bertz CT molecular complexity index is 371. The van der Waals surface area contributed by atoms with Crippen LogP contribution < -0.4 is 11.1 Å². The maximum Gasteiger partial charge on any atom is 0.249 e. The number of carbonyl (C=O) groups is 1. The van der Waals surface area contributed by atoms with Gasteiger partial charge in [0.2, 0.25) is 5.91 Å². The van der Waals surface area contributed by atoms with Crippen LogP contribution >= 0.6 is 11.3 Å². The van der Waals surface area contributed by atoms with Crippen molar-refractivity contribution in [1.82, 2.24) is 5.32 Å². The van der Waals surface area contributed by atoms with Crippen LogP contribution in [0.15, 0.2) is 11.4 Å². The molecule has 1 fully saturated rings. The molecule has 1 amide bonds. The van der Waals surface area contributed by atoms with Crippen LogP contribution in [-0.2, 0) is 6.54 Å². The Morgan fingerprint density at radius 3 is 3.00 bits per heavy atom. The van der Waals surface area contributed by atoms with Gasteiger partial charge in [-0.05, 0) is 25.3 Å². The first kappa shape index (κ1) is 11.6. The second kappa shape index (κ2) is 4.97. The molecule has 1 heterocycles. The summed E-state index contributed by atoms with van der Waals surface area (Å²) < 4.78 is 0. The second-order valence-corrected chi connectivity index (χ2v) is 5.62. The fourth-order valence-electron chi connectivity index (χ4n) is 1.81. The molecule has 1 aliphatic carbocycles. The predicted octanol–water partition coefficient (Wildman–Crippen LogP) is 2.13. The molecule has 3 nitrogen and oxygen atoms in total. The molecule has 0 aromatic carbocycles. The van der Waals surface area contributed by atoms with Crippen LogP contribution in [0.3, 0.4) is 0 Å². The molecule has 0 spiro atoms. The van der Waals surface area contributed by atoms with E-state index in [4.69, 9.17) is 5.73 Å². The fraction of sp³-hybridized carbons (Fsp3) is 0.583. The van der Waals surface area contributed by atoms with Gasteiger partial charge in [-0.1, -0.05) is 12.8 Å². The van der Waals surface area contributed by atoms with Crippen molar-refractivity contribution in [3.8, 4) is 0 Å². The largest absolute Gasteiger partial charge is 0.366 e. The number of rotatable bonds is 6. The van der Waals surface area contributed by atoms with Gasteiger partial charge in [0.1, 0.15) is 0 Å². The molecule has 16 heavy (non-hydrogen) atoms. The van der Waals surface area contributed by atoms with E-state index in [0.29, 0.717) is 11.6 Å². The lowest BCUT2D eigenvalue weighted by atomic mass is 10.1. The molecule has 1 saturated carbocycles. The number of nitrogens with one attached hydrogen (secondary N) is 1. The summed E-state index contributed by atoms with van der Waals surface area (Å²) in [4.78, 5) is 12.1. The van der Waals surface area contributed by atoms with Crippen LogP contribution in [0.2, 0.25) is 0 Å². The quantitative estimate of drug-likeness (QED) is 0.797. The monoisotopic (exact) mass is 238 g/mol. The molecule has 1 atom stereocenters. The van der Waals surface area contributed by atoms with Gasteiger partial charge >= 0.3 is 0 Å². The molecule has 4 heteroatoms. The number of nitrogens with two attached hydrogens (primary N) is 1. The minimum absolute atomic E-state index is 0.339. The van der Waals surface area contributed by atoms with Gasteiger partial charge in [0.05, 0.1) is 5.56 Å². The summed E-state index contributed by atoms with van der Waals surface area (Å²) in [6, 6.07) is 2.44. The van der Waals surface area contributed by atoms with E-state index in [-0.39, 0.29) is 5.91 Å². The standard InChI is InChI=1S/C12H18N2OS/c1-8(4-9-2-3-9)14-6-11-5-10(7-16-11)12(13)15/h5,7-9,14H,2-4,6H2,1H3,(H2,13,15). The Morgan fingerprint density at radius 1 is 1.69 bits per heavy atom. The molecule has 88 valence electrons. The zero-order chi connectivity index (χ0) is 11.5. The molecule has 2 rings (SSSR count). The highest BCUT2D eigenvalue weighted by atomic mass is 32.1. The highest BCUT2D eigenvalue weighted by molar-refractivity contribution is 7.10. The number of hydrogen-bond donors (Lipinski definition) is 2. The molecular formula is C12H18N2OS. The minimum atomic E-state index is -0.339. The molecule has 1 aliphatic rings. The third-order valence-electron chi connectivity index (χ3n) is 2.95. The van der Waals surface area contributed by atoms with E-state index in [1.165, 1.54) is 24.1 Å². The SMILES string of the molecule is CC(CC1CC1)NCc1cc(C(N)=O)cs1. The maximum atomic E-state index is 10.9. The van der Waals surface area contributed by atoms with Crippen molar-refractivity contribution < 1.29 is 4.79 Å². The molecule has 3 N–H and O–H groups in total. The van der Waals surface area contributed by atoms with E-state index in [9.17, 15) is 4.79 Å². The highest BCUT2D eigenvalue weighted by Crippen LogP contribution is 2.33. The maximum absolute atomic E-state index is 10.9. The molecule has 1 unspecified atom stereocenters. The lowest BCUT2D eigenvalue weighted by Gasteiger charge is -2.11.